The van der Waals surface area contributed by atoms with Gasteiger partial charge in [-0.3, -0.25) is 14.4 Å². The van der Waals surface area contributed by atoms with Crippen molar-refractivity contribution in [3.05, 3.63) is 23.3 Å². The van der Waals surface area contributed by atoms with E-state index in [2.05, 4.69) is 10.3 Å². The number of carbonyl (C=O) groups excluding carboxylic acids is 2. The van der Waals surface area contributed by atoms with Gasteiger partial charge >= 0.3 is 5.97 Å². The Morgan fingerprint density at radius 1 is 0.968 bits per heavy atom. The van der Waals surface area contributed by atoms with E-state index in [1.54, 1.807) is 0 Å². The summed E-state index contributed by atoms with van der Waals surface area (Å²) in [6, 6.07) is 0.145. The standard InChI is InChI=1S/C23H33ClN2O5/c24-17-12-13-20(19(14-17)23(29)30)26-22(28)16-31-15-21(27)25-18-10-8-6-4-2-1-3-5-7-9-11-18/h12-14,18-19H,1-11,15-16H2,(H,25,27)(H,29,30). The number of hydrogen-bond acceptors (Lipinski definition) is 4. The van der Waals surface area contributed by atoms with E-state index in [4.69, 9.17) is 16.3 Å². The number of aliphatic carboxylic acids is 1. The molecular weight excluding hydrogens is 420 g/mol. The predicted molar refractivity (Wildman–Crippen MR) is 120 cm³/mol. The minimum absolute atomic E-state index is 0.0863. The van der Waals surface area contributed by atoms with E-state index >= 15 is 0 Å². The van der Waals surface area contributed by atoms with Crippen LogP contribution in [0.25, 0.3) is 0 Å². The monoisotopic (exact) mass is 452 g/mol. The summed E-state index contributed by atoms with van der Waals surface area (Å²) in [5.74, 6) is -3.11. The van der Waals surface area contributed by atoms with Gasteiger partial charge in [-0.2, -0.15) is 0 Å². The Morgan fingerprint density at radius 3 is 2.13 bits per heavy atom. The molecular formula is C23H33ClN2O5. The summed E-state index contributed by atoms with van der Waals surface area (Å²) in [5.41, 5.74) is 0.0863. The minimum atomic E-state index is -1.15. The number of nitrogens with one attached hydrogen (secondary N) is 1. The van der Waals surface area contributed by atoms with Gasteiger partial charge in [-0.25, -0.2) is 4.99 Å². The zero-order valence-corrected chi connectivity index (χ0v) is 18.7. The van der Waals surface area contributed by atoms with Crippen LogP contribution in [0.5, 0.6) is 0 Å². The lowest BCUT2D eigenvalue weighted by molar-refractivity contribution is -0.138. The Kier molecular flexibility index (Phi) is 11.5. The first kappa shape index (κ1) is 25.3. The number of carbonyl (C=O) groups is 3. The molecule has 2 N–H and O–H groups in total. The number of amides is 2. The molecule has 172 valence electrons. The van der Waals surface area contributed by atoms with E-state index in [1.807, 2.05) is 0 Å². The molecule has 8 heteroatoms. The molecule has 2 amide bonds. The van der Waals surface area contributed by atoms with Crippen molar-refractivity contribution < 1.29 is 24.2 Å². The molecule has 7 nitrogen and oxygen atoms in total. The Balaban J connectivity index is 1.75. The van der Waals surface area contributed by atoms with Crippen LogP contribution in [0.1, 0.15) is 70.6 Å². The van der Waals surface area contributed by atoms with Crippen LogP contribution in [0.2, 0.25) is 0 Å². The normalized spacial score (nSPS) is 22.8. The summed E-state index contributed by atoms with van der Waals surface area (Å²) in [6.07, 6.45) is 17.2. The van der Waals surface area contributed by atoms with Crippen LogP contribution < -0.4 is 5.32 Å². The van der Waals surface area contributed by atoms with Gasteiger partial charge in [0.05, 0.1) is 5.71 Å². The first-order chi connectivity index (χ1) is 15.0. The summed E-state index contributed by atoms with van der Waals surface area (Å²) >= 11 is 5.81. The van der Waals surface area contributed by atoms with Gasteiger partial charge in [-0.1, -0.05) is 69.4 Å². The predicted octanol–water partition coefficient (Wildman–Crippen LogP) is 4.15. The summed E-state index contributed by atoms with van der Waals surface area (Å²) in [4.78, 5) is 39.4. The van der Waals surface area contributed by atoms with Gasteiger partial charge in [0.2, 0.25) is 5.91 Å². The number of allylic oxidation sites excluding steroid dienone is 3. The van der Waals surface area contributed by atoms with E-state index in [9.17, 15) is 19.5 Å². The SMILES string of the molecule is O=C(COCC(=O)NC1CCCCCCCCCCC1)N=C1C=CC(Cl)=CC1C(=O)O. The Morgan fingerprint density at radius 2 is 1.55 bits per heavy atom. The maximum atomic E-state index is 12.2. The lowest BCUT2D eigenvalue weighted by Crippen LogP contribution is -2.37. The van der Waals surface area contributed by atoms with Gasteiger partial charge in [0.25, 0.3) is 5.91 Å². The van der Waals surface area contributed by atoms with Crippen molar-refractivity contribution in [2.24, 2.45) is 10.9 Å². The summed E-state index contributed by atoms with van der Waals surface area (Å²) < 4.78 is 5.21. The minimum Gasteiger partial charge on any atom is -0.481 e. The van der Waals surface area contributed by atoms with Crippen molar-refractivity contribution >= 4 is 35.1 Å². The fourth-order valence-corrected chi connectivity index (χ4v) is 4.05. The highest BCUT2D eigenvalue weighted by Crippen LogP contribution is 2.19. The zero-order valence-electron chi connectivity index (χ0n) is 18.0. The second kappa shape index (κ2) is 14.1. The molecule has 1 fully saturated rings. The van der Waals surface area contributed by atoms with Crippen LogP contribution in [-0.2, 0) is 19.1 Å². The van der Waals surface area contributed by atoms with Crippen molar-refractivity contribution in [2.45, 2.75) is 76.7 Å². The van der Waals surface area contributed by atoms with Gasteiger partial charge in [0.15, 0.2) is 0 Å². The van der Waals surface area contributed by atoms with E-state index in [-0.39, 0.29) is 35.9 Å². The molecule has 1 saturated carbocycles. The summed E-state index contributed by atoms with van der Waals surface area (Å²) in [6.45, 7) is -0.615. The number of nitrogens with zero attached hydrogens (tertiary/aromatic N) is 1. The Bertz CT molecular complexity index is 705. The molecule has 1 atom stereocenters. The number of carboxylic acid groups (broad SMARTS) is 1. The van der Waals surface area contributed by atoms with E-state index in [1.165, 1.54) is 63.2 Å². The second-order valence-electron chi connectivity index (χ2n) is 8.15. The molecule has 0 aromatic heterocycles. The lowest BCUT2D eigenvalue weighted by Gasteiger charge is -2.19. The summed E-state index contributed by atoms with van der Waals surface area (Å²) in [7, 11) is 0. The van der Waals surface area contributed by atoms with E-state index in [0.717, 1.165) is 25.7 Å². The van der Waals surface area contributed by atoms with Crippen LogP contribution in [-0.4, -0.2) is 47.9 Å². The molecule has 0 bridgehead atoms. The number of halogens is 1. The smallest absolute Gasteiger partial charge is 0.316 e. The topological polar surface area (TPSA) is 105 Å². The third-order valence-corrected chi connectivity index (χ3v) is 5.76. The van der Waals surface area contributed by atoms with E-state index < -0.39 is 17.8 Å². The van der Waals surface area contributed by atoms with Crippen LogP contribution in [0, 0.1) is 5.92 Å². The quantitative estimate of drug-likeness (QED) is 0.629. The maximum Gasteiger partial charge on any atom is 0.316 e. The molecule has 0 heterocycles. The number of aliphatic imine (C=N–C) groups is 1. The Hall–Kier alpha value is -1.99. The van der Waals surface area contributed by atoms with Crippen molar-refractivity contribution in [2.75, 3.05) is 13.2 Å². The Labute approximate surface area is 189 Å². The van der Waals surface area contributed by atoms with Crippen LogP contribution in [0.3, 0.4) is 0 Å². The lowest BCUT2D eigenvalue weighted by atomic mass is 9.98. The van der Waals surface area contributed by atoms with Gasteiger partial charge in [0, 0.05) is 11.1 Å². The average Bonchev–Trinajstić information content (AvgIpc) is 2.71. The third kappa shape index (κ3) is 10.2. The fourth-order valence-electron chi connectivity index (χ4n) is 3.86. The maximum absolute atomic E-state index is 12.2. The number of rotatable bonds is 6. The molecule has 1 unspecified atom stereocenters. The molecule has 31 heavy (non-hydrogen) atoms. The van der Waals surface area contributed by atoms with Gasteiger partial charge < -0.3 is 15.2 Å². The van der Waals surface area contributed by atoms with Crippen molar-refractivity contribution in [3.8, 4) is 0 Å². The molecule has 0 aromatic carbocycles. The highest BCUT2D eigenvalue weighted by atomic mass is 35.5. The first-order valence-electron chi connectivity index (χ1n) is 11.2. The van der Waals surface area contributed by atoms with Crippen LogP contribution in [0.15, 0.2) is 28.3 Å². The largest absolute Gasteiger partial charge is 0.481 e. The van der Waals surface area contributed by atoms with Crippen molar-refractivity contribution in [3.63, 3.8) is 0 Å². The van der Waals surface area contributed by atoms with Gasteiger partial charge in [-0.15, -0.1) is 0 Å². The third-order valence-electron chi connectivity index (χ3n) is 5.51. The summed E-state index contributed by atoms with van der Waals surface area (Å²) in [5, 5.41) is 12.5. The molecule has 2 aliphatic carbocycles. The van der Waals surface area contributed by atoms with Gasteiger partial charge in [0.1, 0.15) is 19.1 Å². The molecule has 0 radical (unpaired) electrons. The molecule has 0 spiro atoms. The highest BCUT2D eigenvalue weighted by Gasteiger charge is 2.24. The number of carboxylic acids is 1. The number of hydrogen-bond donors (Lipinski definition) is 2. The van der Waals surface area contributed by atoms with Crippen LogP contribution in [0.4, 0.5) is 0 Å². The first-order valence-corrected chi connectivity index (χ1v) is 11.6. The number of ether oxygens (including phenoxy) is 1. The average molecular weight is 453 g/mol. The molecule has 0 saturated heterocycles. The highest BCUT2D eigenvalue weighted by molar-refractivity contribution is 6.33. The van der Waals surface area contributed by atoms with Gasteiger partial charge in [-0.05, 0) is 31.1 Å². The molecule has 2 rings (SSSR count). The zero-order chi connectivity index (χ0) is 22.5. The van der Waals surface area contributed by atoms with Crippen molar-refractivity contribution in [1.82, 2.24) is 5.32 Å². The molecule has 0 aliphatic heterocycles. The second-order valence-corrected chi connectivity index (χ2v) is 8.58. The molecule has 2 aliphatic rings. The van der Waals surface area contributed by atoms with Crippen molar-refractivity contribution in [1.29, 1.82) is 0 Å². The molecule has 0 aromatic rings. The van der Waals surface area contributed by atoms with E-state index in [0.29, 0.717) is 0 Å². The van der Waals surface area contributed by atoms with Crippen LogP contribution >= 0.6 is 11.6 Å². The fraction of sp³-hybridized carbons (Fsp3) is 0.652.